The number of carbonyl (C=O) groups excluding carboxylic acids is 1. The van der Waals surface area contributed by atoms with Crippen molar-refractivity contribution in [2.75, 3.05) is 23.1 Å². The summed E-state index contributed by atoms with van der Waals surface area (Å²) in [5.41, 5.74) is 7.80. The molecule has 9 heteroatoms. The maximum atomic E-state index is 12.6. The van der Waals surface area contributed by atoms with Crippen molar-refractivity contribution in [1.29, 1.82) is 0 Å². The second-order valence-corrected chi connectivity index (χ2v) is 6.75. The molecule has 0 saturated heterocycles. The van der Waals surface area contributed by atoms with Gasteiger partial charge in [-0.3, -0.25) is 14.9 Å². The number of amides is 1. The van der Waals surface area contributed by atoms with Crippen molar-refractivity contribution in [2.24, 2.45) is 5.84 Å². The molecule has 0 radical (unpaired) electrons. The van der Waals surface area contributed by atoms with E-state index in [1.165, 1.54) is 28.5 Å². The van der Waals surface area contributed by atoms with Gasteiger partial charge in [0.15, 0.2) is 0 Å². The SMILES string of the molecule is CN(N)c1ccc(C(=O)Nc2cc(-c3cccs3)ccc2[N+](=O)[O-])cc1N. The molecule has 0 saturated carbocycles. The fourth-order valence-electron chi connectivity index (χ4n) is 2.60. The second kappa shape index (κ2) is 7.44. The van der Waals surface area contributed by atoms with Crippen LogP contribution in [0.3, 0.4) is 0 Å². The number of nitrogen functional groups attached to an aromatic ring is 1. The lowest BCUT2D eigenvalue weighted by molar-refractivity contribution is -0.383. The van der Waals surface area contributed by atoms with E-state index in [4.69, 9.17) is 11.6 Å². The molecule has 0 spiro atoms. The van der Waals surface area contributed by atoms with E-state index in [2.05, 4.69) is 5.32 Å². The van der Waals surface area contributed by atoms with Gasteiger partial charge in [-0.1, -0.05) is 6.07 Å². The summed E-state index contributed by atoms with van der Waals surface area (Å²) in [6.07, 6.45) is 0. The highest BCUT2D eigenvalue weighted by atomic mass is 32.1. The van der Waals surface area contributed by atoms with Gasteiger partial charge in [-0.25, -0.2) is 5.84 Å². The zero-order valence-corrected chi connectivity index (χ0v) is 15.2. The molecule has 0 atom stereocenters. The predicted octanol–water partition coefficient (Wildman–Crippen LogP) is 3.47. The number of hydrogen-bond donors (Lipinski definition) is 3. The number of thiophene rings is 1. The largest absolute Gasteiger partial charge is 0.397 e. The number of nitrogens with two attached hydrogens (primary N) is 2. The minimum Gasteiger partial charge on any atom is -0.397 e. The monoisotopic (exact) mass is 383 g/mol. The first-order valence-electron chi connectivity index (χ1n) is 7.88. The predicted molar refractivity (Wildman–Crippen MR) is 108 cm³/mol. The Balaban J connectivity index is 1.94. The number of carbonyl (C=O) groups is 1. The molecule has 2 aromatic carbocycles. The summed E-state index contributed by atoms with van der Waals surface area (Å²) < 4.78 is 0. The second-order valence-electron chi connectivity index (χ2n) is 5.80. The van der Waals surface area contributed by atoms with Crippen LogP contribution in [0.1, 0.15) is 10.4 Å². The van der Waals surface area contributed by atoms with Crippen LogP contribution in [0.5, 0.6) is 0 Å². The van der Waals surface area contributed by atoms with Crippen LogP contribution in [0.4, 0.5) is 22.7 Å². The Kier molecular flexibility index (Phi) is 5.06. The summed E-state index contributed by atoms with van der Waals surface area (Å²) in [5, 5.41) is 17.2. The van der Waals surface area contributed by atoms with Crippen molar-refractivity contribution in [2.45, 2.75) is 0 Å². The zero-order chi connectivity index (χ0) is 19.6. The van der Waals surface area contributed by atoms with Crippen LogP contribution in [-0.2, 0) is 0 Å². The van der Waals surface area contributed by atoms with E-state index < -0.39 is 10.8 Å². The van der Waals surface area contributed by atoms with Crippen molar-refractivity contribution < 1.29 is 9.72 Å². The molecule has 5 N–H and O–H groups in total. The third-order valence-electron chi connectivity index (χ3n) is 3.92. The van der Waals surface area contributed by atoms with Gasteiger partial charge in [0.2, 0.25) is 0 Å². The van der Waals surface area contributed by atoms with E-state index in [0.29, 0.717) is 11.4 Å². The quantitative estimate of drug-likeness (QED) is 0.268. The molecule has 0 bridgehead atoms. The van der Waals surface area contributed by atoms with Crippen LogP contribution in [-0.4, -0.2) is 17.9 Å². The van der Waals surface area contributed by atoms with Crippen LogP contribution in [0.2, 0.25) is 0 Å². The van der Waals surface area contributed by atoms with Crippen LogP contribution < -0.4 is 21.9 Å². The highest BCUT2D eigenvalue weighted by molar-refractivity contribution is 7.13. The Labute approximate surface area is 159 Å². The summed E-state index contributed by atoms with van der Waals surface area (Å²) in [7, 11) is 1.63. The van der Waals surface area contributed by atoms with E-state index >= 15 is 0 Å². The highest BCUT2D eigenvalue weighted by Gasteiger charge is 2.18. The van der Waals surface area contributed by atoms with Gasteiger partial charge in [0.05, 0.1) is 16.3 Å². The Morgan fingerprint density at radius 2 is 2.00 bits per heavy atom. The van der Waals surface area contributed by atoms with E-state index in [-0.39, 0.29) is 16.9 Å². The topological polar surface area (TPSA) is 128 Å². The maximum Gasteiger partial charge on any atom is 0.292 e. The van der Waals surface area contributed by atoms with Gasteiger partial charge in [0, 0.05) is 23.6 Å². The van der Waals surface area contributed by atoms with E-state index in [0.717, 1.165) is 10.4 Å². The minimum absolute atomic E-state index is 0.120. The number of rotatable bonds is 5. The van der Waals surface area contributed by atoms with Crippen LogP contribution in [0, 0.1) is 10.1 Å². The van der Waals surface area contributed by atoms with Crippen LogP contribution >= 0.6 is 11.3 Å². The van der Waals surface area contributed by atoms with Gasteiger partial charge >= 0.3 is 0 Å². The van der Waals surface area contributed by atoms with Gasteiger partial charge in [-0.05, 0) is 47.3 Å². The molecule has 1 amide bonds. The van der Waals surface area contributed by atoms with Gasteiger partial charge < -0.3 is 16.1 Å². The Hall–Kier alpha value is -3.43. The molecular weight excluding hydrogens is 366 g/mol. The Morgan fingerprint density at radius 3 is 2.59 bits per heavy atom. The molecule has 138 valence electrons. The number of nitrogens with zero attached hydrogens (tertiary/aromatic N) is 2. The van der Waals surface area contributed by atoms with Crippen molar-refractivity contribution in [1.82, 2.24) is 0 Å². The summed E-state index contributed by atoms with van der Waals surface area (Å²) in [5.74, 6) is 5.16. The number of benzene rings is 2. The molecule has 0 aliphatic rings. The van der Waals surface area contributed by atoms with Crippen molar-refractivity contribution in [3.8, 4) is 10.4 Å². The molecular formula is C18H17N5O3S. The number of hydrazine groups is 1. The smallest absolute Gasteiger partial charge is 0.292 e. The zero-order valence-electron chi connectivity index (χ0n) is 14.4. The van der Waals surface area contributed by atoms with Gasteiger partial charge in [0.1, 0.15) is 5.69 Å². The molecule has 3 rings (SSSR count). The van der Waals surface area contributed by atoms with Gasteiger partial charge in [-0.2, -0.15) is 0 Å². The lowest BCUT2D eigenvalue weighted by Crippen LogP contribution is -2.26. The maximum absolute atomic E-state index is 12.6. The molecule has 1 heterocycles. The molecule has 0 aliphatic carbocycles. The normalized spacial score (nSPS) is 10.4. The molecule has 1 aromatic heterocycles. The molecule has 27 heavy (non-hydrogen) atoms. The number of nitro groups is 1. The molecule has 0 fully saturated rings. The van der Waals surface area contributed by atoms with E-state index in [1.54, 1.807) is 31.3 Å². The lowest BCUT2D eigenvalue weighted by Gasteiger charge is -2.15. The first-order valence-corrected chi connectivity index (χ1v) is 8.76. The fraction of sp³-hybridized carbons (Fsp3) is 0.0556. The summed E-state index contributed by atoms with van der Waals surface area (Å²) in [4.78, 5) is 24.3. The number of hydrogen-bond acceptors (Lipinski definition) is 7. The fourth-order valence-corrected chi connectivity index (χ4v) is 3.33. The molecule has 8 nitrogen and oxygen atoms in total. The first kappa shape index (κ1) is 18.4. The molecule has 0 unspecified atom stereocenters. The third kappa shape index (κ3) is 3.89. The summed E-state index contributed by atoms with van der Waals surface area (Å²) >= 11 is 1.50. The van der Waals surface area contributed by atoms with E-state index in [9.17, 15) is 14.9 Å². The van der Waals surface area contributed by atoms with Crippen molar-refractivity contribution in [3.05, 3.63) is 69.6 Å². The molecule has 0 aliphatic heterocycles. The standard InChI is InChI=1S/C18H17N5O3S/c1-22(20)15-6-5-12(9-13(15)19)18(24)21-14-10-11(17-3-2-8-27-17)4-7-16(14)23(25)26/h2-10H,19-20H2,1H3,(H,21,24). The molecule has 3 aromatic rings. The van der Waals surface area contributed by atoms with Gasteiger partial charge in [0.25, 0.3) is 11.6 Å². The van der Waals surface area contributed by atoms with Crippen molar-refractivity contribution >= 4 is 40.0 Å². The average molecular weight is 383 g/mol. The lowest BCUT2D eigenvalue weighted by atomic mass is 10.1. The van der Waals surface area contributed by atoms with E-state index in [1.807, 2.05) is 17.5 Å². The Morgan fingerprint density at radius 1 is 1.22 bits per heavy atom. The third-order valence-corrected chi connectivity index (χ3v) is 4.84. The Bertz CT molecular complexity index is 1000. The summed E-state index contributed by atoms with van der Waals surface area (Å²) in [6, 6.07) is 13.1. The van der Waals surface area contributed by atoms with Gasteiger partial charge in [-0.15, -0.1) is 11.3 Å². The van der Waals surface area contributed by atoms with Crippen molar-refractivity contribution in [3.63, 3.8) is 0 Å². The summed E-state index contributed by atoms with van der Waals surface area (Å²) in [6.45, 7) is 0. The van der Waals surface area contributed by atoms with Crippen LogP contribution in [0.25, 0.3) is 10.4 Å². The van der Waals surface area contributed by atoms with Crippen LogP contribution in [0.15, 0.2) is 53.9 Å². The average Bonchev–Trinajstić information content (AvgIpc) is 3.15. The minimum atomic E-state index is -0.533. The highest BCUT2D eigenvalue weighted by Crippen LogP contribution is 2.33. The number of anilines is 3. The first-order chi connectivity index (χ1) is 12.9. The number of nitro benzene ring substituents is 1. The number of nitrogens with one attached hydrogen (secondary N) is 1.